The SMILES string of the molecule is CCOC(=O)c1cn(CC)c2ccc(NC(=O)CCN3C(=O)c4ccccc4C3=O)cc2c1=O. The second-order valence-corrected chi connectivity index (χ2v) is 7.72. The highest BCUT2D eigenvalue weighted by molar-refractivity contribution is 6.21. The van der Waals surface area contributed by atoms with Gasteiger partial charge in [-0.05, 0) is 44.2 Å². The van der Waals surface area contributed by atoms with Crippen LogP contribution < -0.4 is 10.7 Å². The maximum absolute atomic E-state index is 12.9. The number of fused-ring (bicyclic) bond motifs is 2. The summed E-state index contributed by atoms with van der Waals surface area (Å²) in [5, 5.41) is 2.96. The van der Waals surface area contributed by atoms with Crippen LogP contribution in [0.15, 0.2) is 53.5 Å². The largest absolute Gasteiger partial charge is 0.462 e. The van der Waals surface area contributed by atoms with Gasteiger partial charge in [0.1, 0.15) is 5.56 Å². The fourth-order valence-electron chi connectivity index (χ4n) is 3.97. The van der Waals surface area contributed by atoms with E-state index in [2.05, 4.69) is 5.32 Å². The van der Waals surface area contributed by atoms with Gasteiger partial charge in [-0.2, -0.15) is 0 Å². The number of nitrogens with zero attached hydrogens (tertiary/aromatic N) is 2. The number of rotatable bonds is 7. The van der Waals surface area contributed by atoms with Crippen molar-refractivity contribution in [3.63, 3.8) is 0 Å². The number of ether oxygens (including phenoxy) is 1. The normalized spacial score (nSPS) is 12.7. The van der Waals surface area contributed by atoms with E-state index in [1.807, 2.05) is 6.92 Å². The fourth-order valence-corrected chi connectivity index (χ4v) is 3.97. The zero-order valence-electron chi connectivity index (χ0n) is 18.8. The molecule has 0 spiro atoms. The number of amides is 3. The lowest BCUT2D eigenvalue weighted by Crippen LogP contribution is -2.32. The predicted octanol–water partition coefficient (Wildman–Crippen LogP) is 2.82. The molecule has 9 nitrogen and oxygen atoms in total. The Morgan fingerprint density at radius 2 is 1.65 bits per heavy atom. The van der Waals surface area contributed by atoms with Gasteiger partial charge in [-0.3, -0.25) is 24.1 Å². The molecule has 0 saturated heterocycles. The molecule has 0 unspecified atom stereocenters. The van der Waals surface area contributed by atoms with Crippen molar-refractivity contribution >= 4 is 40.3 Å². The summed E-state index contributed by atoms with van der Waals surface area (Å²) in [4.78, 5) is 63.6. The van der Waals surface area contributed by atoms with Crippen molar-refractivity contribution in [3.8, 4) is 0 Å². The van der Waals surface area contributed by atoms with E-state index in [4.69, 9.17) is 4.74 Å². The van der Waals surface area contributed by atoms with Crippen molar-refractivity contribution in [1.29, 1.82) is 0 Å². The third kappa shape index (κ3) is 4.07. The van der Waals surface area contributed by atoms with Crippen LogP contribution in [0.5, 0.6) is 0 Å². The molecule has 4 rings (SSSR count). The summed E-state index contributed by atoms with van der Waals surface area (Å²) in [6, 6.07) is 11.4. The lowest BCUT2D eigenvalue weighted by atomic mass is 10.1. The average Bonchev–Trinajstić information content (AvgIpc) is 3.08. The van der Waals surface area contributed by atoms with E-state index in [9.17, 15) is 24.0 Å². The Morgan fingerprint density at radius 1 is 0.971 bits per heavy atom. The maximum Gasteiger partial charge on any atom is 0.343 e. The van der Waals surface area contributed by atoms with E-state index in [1.54, 1.807) is 47.9 Å². The minimum atomic E-state index is -0.702. The number of imide groups is 1. The number of esters is 1. The molecule has 0 atom stereocenters. The lowest BCUT2D eigenvalue weighted by molar-refractivity contribution is -0.116. The first kappa shape index (κ1) is 22.9. The highest BCUT2D eigenvalue weighted by Crippen LogP contribution is 2.23. The summed E-state index contributed by atoms with van der Waals surface area (Å²) < 4.78 is 6.75. The Bertz CT molecular complexity index is 1360. The summed E-state index contributed by atoms with van der Waals surface area (Å²) in [5.41, 5.74) is 1.06. The van der Waals surface area contributed by atoms with E-state index in [0.717, 1.165) is 4.90 Å². The second-order valence-electron chi connectivity index (χ2n) is 7.72. The number of carbonyl (C=O) groups is 4. The highest BCUT2D eigenvalue weighted by Gasteiger charge is 2.35. The molecule has 0 radical (unpaired) electrons. The molecular formula is C25H23N3O6. The first-order valence-electron chi connectivity index (χ1n) is 10.9. The molecular weight excluding hydrogens is 438 g/mol. The molecule has 1 aliphatic rings. The van der Waals surface area contributed by atoms with Crippen molar-refractivity contribution in [1.82, 2.24) is 9.47 Å². The van der Waals surface area contributed by atoms with Gasteiger partial charge in [0.25, 0.3) is 11.8 Å². The summed E-state index contributed by atoms with van der Waals surface area (Å²) in [7, 11) is 0. The monoisotopic (exact) mass is 461 g/mol. The van der Waals surface area contributed by atoms with Crippen molar-refractivity contribution in [2.75, 3.05) is 18.5 Å². The van der Waals surface area contributed by atoms with Crippen LogP contribution in [0.2, 0.25) is 0 Å². The van der Waals surface area contributed by atoms with Gasteiger partial charge in [0.2, 0.25) is 11.3 Å². The molecule has 0 fully saturated rings. The number of aromatic nitrogens is 1. The molecule has 9 heteroatoms. The van der Waals surface area contributed by atoms with Gasteiger partial charge in [-0.1, -0.05) is 12.1 Å². The smallest absolute Gasteiger partial charge is 0.343 e. The van der Waals surface area contributed by atoms with Crippen LogP contribution in [-0.4, -0.2) is 46.3 Å². The standard InChI is InChI=1S/C25H23N3O6/c1-3-27-14-19(25(33)34-4-2)22(30)18-13-15(9-10-20(18)27)26-21(29)11-12-28-23(31)16-7-5-6-8-17(16)24(28)32/h5-10,13-14H,3-4,11-12H2,1-2H3,(H,26,29). The summed E-state index contributed by atoms with van der Waals surface area (Å²) in [5.74, 6) is -1.98. The lowest BCUT2D eigenvalue weighted by Gasteiger charge is -2.14. The van der Waals surface area contributed by atoms with Gasteiger partial charge in [-0.25, -0.2) is 4.79 Å². The number of hydrogen-bond donors (Lipinski definition) is 1. The molecule has 1 aliphatic heterocycles. The van der Waals surface area contributed by atoms with Crippen molar-refractivity contribution in [2.24, 2.45) is 0 Å². The van der Waals surface area contributed by atoms with Crippen LogP contribution in [0, 0.1) is 0 Å². The first-order chi connectivity index (χ1) is 16.3. The minimum Gasteiger partial charge on any atom is -0.462 e. The number of hydrogen-bond acceptors (Lipinski definition) is 6. The van der Waals surface area contributed by atoms with E-state index < -0.39 is 29.1 Å². The van der Waals surface area contributed by atoms with Crippen LogP contribution in [0.4, 0.5) is 5.69 Å². The number of carbonyl (C=O) groups excluding carboxylic acids is 4. The van der Waals surface area contributed by atoms with Gasteiger partial charge in [0.05, 0.1) is 23.3 Å². The van der Waals surface area contributed by atoms with Gasteiger partial charge in [0.15, 0.2) is 0 Å². The molecule has 3 aromatic rings. The number of pyridine rings is 1. The quantitative estimate of drug-likeness (QED) is 0.427. The van der Waals surface area contributed by atoms with Crippen LogP contribution >= 0.6 is 0 Å². The number of aryl methyl sites for hydroxylation is 1. The van der Waals surface area contributed by atoms with Gasteiger partial charge >= 0.3 is 5.97 Å². The second kappa shape index (κ2) is 9.30. The molecule has 0 aliphatic carbocycles. The van der Waals surface area contributed by atoms with E-state index in [0.29, 0.717) is 28.9 Å². The molecule has 174 valence electrons. The van der Waals surface area contributed by atoms with E-state index in [1.165, 1.54) is 12.3 Å². The Balaban J connectivity index is 1.52. The van der Waals surface area contributed by atoms with Gasteiger partial charge in [0, 0.05) is 36.8 Å². The molecule has 3 amide bonds. The first-order valence-corrected chi connectivity index (χ1v) is 10.9. The molecule has 0 bridgehead atoms. The van der Waals surface area contributed by atoms with Crippen LogP contribution in [0.25, 0.3) is 10.9 Å². The predicted molar refractivity (Wildman–Crippen MR) is 125 cm³/mol. The Morgan fingerprint density at radius 3 is 2.26 bits per heavy atom. The summed E-state index contributed by atoms with van der Waals surface area (Å²) in [6.07, 6.45) is 1.37. The minimum absolute atomic E-state index is 0.0680. The fraction of sp³-hybridized carbons (Fsp3) is 0.240. The van der Waals surface area contributed by atoms with Gasteiger partial charge < -0.3 is 14.6 Å². The van der Waals surface area contributed by atoms with Crippen LogP contribution in [-0.2, 0) is 16.1 Å². The molecule has 2 heterocycles. The van der Waals surface area contributed by atoms with Gasteiger partial charge in [-0.15, -0.1) is 0 Å². The molecule has 34 heavy (non-hydrogen) atoms. The zero-order valence-corrected chi connectivity index (χ0v) is 18.8. The van der Waals surface area contributed by atoms with Crippen molar-refractivity contribution in [2.45, 2.75) is 26.8 Å². The third-order valence-corrected chi connectivity index (χ3v) is 5.64. The molecule has 0 saturated carbocycles. The Hall–Kier alpha value is -4.27. The Labute approximate surface area is 194 Å². The Kier molecular flexibility index (Phi) is 6.27. The highest BCUT2D eigenvalue weighted by atomic mass is 16.5. The van der Waals surface area contributed by atoms with Crippen LogP contribution in [0.1, 0.15) is 51.3 Å². The zero-order chi connectivity index (χ0) is 24.4. The number of anilines is 1. The van der Waals surface area contributed by atoms with E-state index >= 15 is 0 Å². The van der Waals surface area contributed by atoms with Crippen molar-refractivity contribution in [3.05, 3.63) is 75.6 Å². The summed E-state index contributed by atoms with van der Waals surface area (Å²) in [6.45, 7) is 4.14. The topological polar surface area (TPSA) is 115 Å². The maximum atomic E-state index is 12.9. The third-order valence-electron chi connectivity index (χ3n) is 5.64. The van der Waals surface area contributed by atoms with Crippen LogP contribution in [0.3, 0.4) is 0 Å². The molecule has 1 N–H and O–H groups in total. The molecule has 2 aromatic carbocycles. The molecule has 1 aromatic heterocycles. The number of nitrogens with one attached hydrogen (secondary N) is 1. The summed E-state index contributed by atoms with van der Waals surface area (Å²) >= 11 is 0. The van der Waals surface area contributed by atoms with E-state index in [-0.39, 0.29) is 30.5 Å². The number of benzene rings is 2. The average molecular weight is 461 g/mol. The van der Waals surface area contributed by atoms with Crippen molar-refractivity contribution < 1.29 is 23.9 Å².